The molecule has 0 amide bonds. The summed E-state index contributed by atoms with van der Waals surface area (Å²) in [6.07, 6.45) is 1.81. The Bertz CT molecular complexity index is 398. The third-order valence-electron chi connectivity index (χ3n) is 2.72. The number of nitrogens with one attached hydrogen (secondary N) is 1. The third-order valence-corrected chi connectivity index (χ3v) is 4.69. The molecule has 0 radical (unpaired) electrons. The average Bonchev–Trinajstić information content (AvgIpc) is 2.68. The molecule has 0 saturated heterocycles. The molecule has 0 unspecified atom stereocenters. The van der Waals surface area contributed by atoms with Crippen LogP contribution in [0.5, 0.6) is 0 Å². The Hall–Kier alpha value is -1.15. The Labute approximate surface area is 98.9 Å². The van der Waals surface area contributed by atoms with E-state index in [0.29, 0.717) is 12.8 Å². The highest BCUT2D eigenvalue weighted by molar-refractivity contribution is 7.90. The maximum absolute atomic E-state index is 11.8. The van der Waals surface area contributed by atoms with Crippen molar-refractivity contribution >= 4 is 22.0 Å². The number of aliphatic carboxylic acids is 2. The Balaban J connectivity index is 2.71. The van der Waals surface area contributed by atoms with E-state index in [2.05, 4.69) is 0 Å². The number of carboxylic acid groups (broad SMARTS) is 2. The van der Waals surface area contributed by atoms with Gasteiger partial charge in [-0.15, -0.1) is 0 Å². The summed E-state index contributed by atoms with van der Waals surface area (Å²) in [5, 5.41) is 16.6. The third kappa shape index (κ3) is 3.97. The van der Waals surface area contributed by atoms with Gasteiger partial charge in [0.15, 0.2) is 0 Å². The number of rotatable bonds is 6. The van der Waals surface area contributed by atoms with E-state index >= 15 is 0 Å². The number of carbonyl (C=O) groups is 2. The van der Waals surface area contributed by atoms with Crippen molar-refractivity contribution in [1.82, 2.24) is 4.72 Å². The second kappa shape index (κ2) is 5.46. The van der Waals surface area contributed by atoms with Crippen LogP contribution in [0.1, 0.15) is 32.1 Å². The lowest BCUT2D eigenvalue weighted by molar-refractivity contribution is -0.145. The predicted molar refractivity (Wildman–Crippen MR) is 58.0 cm³/mol. The summed E-state index contributed by atoms with van der Waals surface area (Å²) >= 11 is 0. The van der Waals surface area contributed by atoms with Crippen molar-refractivity contribution in [3.63, 3.8) is 0 Å². The zero-order valence-corrected chi connectivity index (χ0v) is 9.94. The van der Waals surface area contributed by atoms with Crippen LogP contribution in [0.15, 0.2) is 0 Å². The number of hydrogen-bond acceptors (Lipinski definition) is 4. The van der Waals surface area contributed by atoms with Crippen molar-refractivity contribution in [3.05, 3.63) is 0 Å². The van der Waals surface area contributed by atoms with Gasteiger partial charge in [0.2, 0.25) is 10.0 Å². The van der Waals surface area contributed by atoms with Crippen LogP contribution in [0.2, 0.25) is 0 Å². The summed E-state index contributed by atoms with van der Waals surface area (Å²) in [6, 6.07) is -1.60. The normalized spacial score (nSPS) is 19.1. The van der Waals surface area contributed by atoms with Gasteiger partial charge >= 0.3 is 11.9 Å². The van der Waals surface area contributed by atoms with E-state index in [1.165, 1.54) is 0 Å². The summed E-state index contributed by atoms with van der Waals surface area (Å²) in [6.45, 7) is 0. The van der Waals surface area contributed by atoms with E-state index in [1.807, 2.05) is 4.72 Å². The lowest BCUT2D eigenvalue weighted by atomic mass is 10.2. The van der Waals surface area contributed by atoms with Gasteiger partial charge < -0.3 is 10.2 Å². The molecule has 1 aliphatic rings. The first-order chi connectivity index (χ1) is 7.83. The molecule has 1 atom stereocenters. The first kappa shape index (κ1) is 13.9. The highest BCUT2D eigenvalue weighted by Gasteiger charge is 2.33. The highest BCUT2D eigenvalue weighted by atomic mass is 32.2. The molecule has 1 rings (SSSR count). The van der Waals surface area contributed by atoms with E-state index in [1.54, 1.807) is 0 Å². The molecule has 0 aromatic heterocycles. The molecule has 7 nitrogen and oxygen atoms in total. The molecule has 1 fully saturated rings. The van der Waals surface area contributed by atoms with Gasteiger partial charge in [0, 0.05) is 0 Å². The summed E-state index contributed by atoms with van der Waals surface area (Å²) in [5.41, 5.74) is 0. The van der Waals surface area contributed by atoms with Gasteiger partial charge in [0.1, 0.15) is 6.04 Å². The largest absolute Gasteiger partial charge is 0.481 e. The molecular formula is C9H15NO6S. The zero-order chi connectivity index (χ0) is 13.1. The van der Waals surface area contributed by atoms with Crippen molar-refractivity contribution in [2.45, 2.75) is 43.4 Å². The fourth-order valence-corrected chi connectivity index (χ4v) is 3.57. The minimum atomic E-state index is -3.74. The summed E-state index contributed by atoms with van der Waals surface area (Å²) in [4.78, 5) is 21.2. The zero-order valence-electron chi connectivity index (χ0n) is 9.13. The molecule has 0 aromatic rings. The number of sulfonamides is 1. The van der Waals surface area contributed by atoms with Crippen LogP contribution in [0, 0.1) is 0 Å². The molecular weight excluding hydrogens is 250 g/mol. The Morgan fingerprint density at radius 2 is 1.76 bits per heavy atom. The molecule has 8 heteroatoms. The smallest absolute Gasteiger partial charge is 0.322 e. The molecule has 0 spiro atoms. The van der Waals surface area contributed by atoms with Crippen molar-refractivity contribution in [2.75, 3.05) is 0 Å². The summed E-state index contributed by atoms with van der Waals surface area (Å²) in [5.74, 6) is -2.83. The van der Waals surface area contributed by atoms with Crippen LogP contribution >= 0.6 is 0 Å². The van der Waals surface area contributed by atoms with Crippen molar-refractivity contribution < 1.29 is 28.2 Å². The first-order valence-electron chi connectivity index (χ1n) is 5.28. The number of carboxylic acids is 2. The molecule has 0 aromatic carbocycles. The molecule has 0 bridgehead atoms. The van der Waals surface area contributed by atoms with E-state index in [4.69, 9.17) is 10.2 Å². The standard InChI is InChI=1S/C9H15NO6S/c11-8(12)5-7(9(13)14)10-17(15,16)6-3-1-2-4-6/h6-7,10H,1-5H2,(H,11,12)(H,13,14)/t7-/m0/s1. The lowest BCUT2D eigenvalue weighted by Crippen LogP contribution is -2.45. The van der Waals surface area contributed by atoms with E-state index in [9.17, 15) is 18.0 Å². The predicted octanol–water partition coefficient (Wildman–Crippen LogP) is -0.224. The molecule has 1 saturated carbocycles. The van der Waals surface area contributed by atoms with Gasteiger partial charge in [-0.1, -0.05) is 12.8 Å². The average molecular weight is 265 g/mol. The number of hydrogen-bond donors (Lipinski definition) is 3. The minimum Gasteiger partial charge on any atom is -0.481 e. The first-order valence-corrected chi connectivity index (χ1v) is 6.83. The molecule has 3 N–H and O–H groups in total. The Morgan fingerprint density at radius 3 is 2.18 bits per heavy atom. The van der Waals surface area contributed by atoms with Crippen LogP contribution in [0.4, 0.5) is 0 Å². The summed E-state index contributed by atoms with van der Waals surface area (Å²) in [7, 11) is -3.74. The monoisotopic (exact) mass is 265 g/mol. The SMILES string of the molecule is O=C(O)C[C@H](NS(=O)(=O)C1CCCC1)C(=O)O. The Kier molecular flexibility index (Phi) is 4.47. The van der Waals surface area contributed by atoms with E-state index < -0.39 is 39.7 Å². The lowest BCUT2D eigenvalue weighted by Gasteiger charge is -2.16. The molecule has 98 valence electrons. The second-order valence-corrected chi connectivity index (χ2v) is 6.05. The molecule has 0 heterocycles. The van der Waals surface area contributed by atoms with Gasteiger partial charge in [0.05, 0.1) is 11.7 Å². The van der Waals surface area contributed by atoms with Crippen LogP contribution < -0.4 is 4.72 Å². The highest BCUT2D eigenvalue weighted by Crippen LogP contribution is 2.24. The van der Waals surface area contributed by atoms with E-state index in [-0.39, 0.29) is 0 Å². The van der Waals surface area contributed by atoms with Gasteiger partial charge in [-0.2, -0.15) is 0 Å². The fraction of sp³-hybridized carbons (Fsp3) is 0.778. The minimum absolute atomic E-state index is 0.495. The quantitative estimate of drug-likeness (QED) is 0.610. The van der Waals surface area contributed by atoms with Crippen LogP contribution in [-0.4, -0.2) is 41.9 Å². The molecule has 1 aliphatic carbocycles. The van der Waals surface area contributed by atoms with Gasteiger partial charge in [0.25, 0.3) is 0 Å². The van der Waals surface area contributed by atoms with E-state index in [0.717, 1.165) is 12.8 Å². The van der Waals surface area contributed by atoms with Crippen molar-refractivity contribution in [3.8, 4) is 0 Å². The fourth-order valence-electron chi connectivity index (χ4n) is 1.85. The Morgan fingerprint density at radius 1 is 1.24 bits per heavy atom. The van der Waals surface area contributed by atoms with Crippen LogP contribution in [-0.2, 0) is 19.6 Å². The van der Waals surface area contributed by atoms with Gasteiger partial charge in [-0.05, 0) is 12.8 Å². The second-order valence-electron chi connectivity index (χ2n) is 4.06. The van der Waals surface area contributed by atoms with Crippen LogP contribution in [0.3, 0.4) is 0 Å². The van der Waals surface area contributed by atoms with Gasteiger partial charge in [-0.25, -0.2) is 13.1 Å². The van der Waals surface area contributed by atoms with Crippen LogP contribution in [0.25, 0.3) is 0 Å². The maximum Gasteiger partial charge on any atom is 0.322 e. The molecule has 0 aliphatic heterocycles. The van der Waals surface area contributed by atoms with Crippen molar-refractivity contribution in [2.24, 2.45) is 0 Å². The molecule has 17 heavy (non-hydrogen) atoms. The maximum atomic E-state index is 11.8. The topological polar surface area (TPSA) is 121 Å². The van der Waals surface area contributed by atoms with Gasteiger partial charge in [-0.3, -0.25) is 9.59 Å². The van der Waals surface area contributed by atoms with Crippen molar-refractivity contribution in [1.29, 1.82) is 0 Å². The summed E-state index contributed by atoms with van der Waals surface area (Å²) < 4.78 is 25.5.